The van der Waals surface area contributed by atoms with Gasteiger partial charge in [-0.1, -0.05) is 54.9 Å². The summed E-state index contributed by atoms with van der Waals surface area (Å²) in [6.07, 6.45) is -4.24. The van der Waals surface area contributed by atoms with Crippen LogP contribution >= 0.6 is 11.6 Å². The Balaban J connectivity index is 2.12. The number of nitrogens with zero attached hydrogens (tertiary/aromatic N) is 2. The van der Waals surface area contributed by atoms with Gasteiger partial charge in [-0.15, -0.1) is 0 Å². The number of amides is 2. The molecule has 0 unspecified atom stereocenters. The summed E-state index contributed by atoms with van der Waals surface area (Å²) < 4.78 is 83.3. The molecule has 7 nitrogen and oxygen atoms in total. The smallest absolute Gasteiger partial charge is 0.354 e. The van der Waals surface area contributed by atoms with E-state index in [0.29, 0.717) is 29.4 Å². The molecule has 0 aliphatic carbocycles. The fourth-order valence-electron chi connectivity index (χ4n) is 3.90. The molecule has 0 saturated heterocycles. The third-order valence-corrected chi connectivity index (χ3v) is 8.26. The lowest BCUT2D eigenvalue weighted by molar-refractivity contribution is -0.139. The van der Waals surface area contributed by atoms with Gasteiger partial charge in [-0.2, -0.15) is 13.2 Å². The van der Waals surface area contributed by atoms with E-state index in [-0.39, 0.29) is 15.5 Å². The van der Waals surface area contributed by atoms with Crippen LogP contribution in [0.1, 0.15) is 31.4 Å². The SMILES string of the molecule is CCCNC(=O)[C@@H](C)N(Cc1ccccc1F)C(=O)CN(c1cc(C(F)(F)F)ccc1Cl)S(=O)(=O)c1ccccc1. The highest BCUT2D eigenvalue weighted by Crippen LogP contribution is 2.37. The summed E-state index contributed by atoms with van der Waals surface area (Å²) in [6, 6.07) is 13.2. The van der Waals surface area contributed by atoms with Gasteiger partial charge in [-0.25, -0.2) is 12.8 Å². The number of carbonyl (C=O) groups is 2. The van der Waals surface area contributed by atoms with E-state index < -0.39 is 64.2 Å². The number of sulfonamides is 1. The van der Waals surface area contributed by atoms with E-state index in [1.54, 1.807) is 6.07 Å². The van der Waals surface area contributed by atoms with E-state index in [2.05, 4.69) is 5.32 Å². The number of anilines is 1. The van der Waals surface area contributed by atoms with Crippen molar-refractivity contribution >= 4 is 39.1 Å². The van der Waals surface area contributed by atoms with E-state index in [1.165, 1.54) is 49.4 Å². The average molecular weight is 614 g/mol. The van der Waals surface area contributed by atoms with Gasteiger partial charge in [0, 0.05) is 18.7 Å². The van der Waals surface area contributed by atoms with Crippen LogP contribution in [0.25, 0.3) is 0 Å². The number of alkyl halides is 3. The Morgan fingerprint density at radius 3 is 2.24 bits per heavy atom. The van der Waals surface area contributed by atoms with Crippen LogP contribution in [0.2, 0.25) is 5.02 Å². The van der Waals surface area contributed by atoms with Crippen molar-refractivity contribution in [3.8, 4) is 0 Å². The zero-order chi connectivity index (χ0) is 30.4. The number of hydrogen-bond donors (Lipinski definition) is 1. The normalized spacial score (nSPS) is 12.5. The summed E-state index contributed by atoms with van der Waals surface area (Å²) in [5.41, 5.74) is -1.73. The Labute approximate surface area is 240 Å². The van der Waals surface area contributed by atoms with E-state index in [9.17, 15) is 35.6 Å². The zero-order valence-electron chi connectivity index (χ0n) is 22.2. The molecule has 0 aromatic heterocycles. The van der Waals surface area contributed by atoms with Gasteiger partial charge in [0.1, 0.15) is 18.4 Å². The Morgan fingerprint density at radius 1 is 1.00 bits per heavy atom. The quantitative estimate of drug-likeness (QED) is 0.284. The summed E-state index contributed by atoms with van der Waals surface area (Å²) in [5.74, 6) is -2.22. The first-order valence-corrected chi connectivity index (χ1v) is 14.3. The molecule has 0 aliphatic heterocycles. The summed E-state index contributed by atoms with van der Waals surface area (Å²) in [7, 11) is -4.65. The predicted molar refractivity (Wildman–Crippen MR) is 147 cm³/mol. The number of carbonyl (C=O) groups excluding carboxylic acids is 2. The molecule has 0 radical (unpaired) electrons. The maximum atomic E-state index is 14.6. The first-order valence-electron chi connectivity index (χ1n) is 12.5. The molecule has 41 heavy (non-hydrogen) atoms. The van der Waals surface area contributed by atoms with Gasteiger partial charge in [0.05, 0.1) is 21.2 Å². The van der Waals surface area contributed by atoms with Crippen LogP contribution in [-0.4, -0.2) is 44.3 Å². The Kier molecular flexibility index (Phi) is 10.4. The molecule has 0 aliphatic rings. The molecule has 0 spiro atoms. The molecule has 3 aromatic rings. The summed E-state index contributed by atoms with van der Waals surface area (Å²) >= 11 is 6.21. The summed E-state index contributed by atoms with van der Waals surface area (Å²) in [4.78, 5) is 27.3. The van der Waals surface area contributed by atoms with Crippen molar-refractivity contribution in [2.45, 2.75) is 43.9 Å². The minimum absolute atomic E-state index is 0.0468. The lowest BCUT2D eigenvalue weighted by Gasteiger charge is -2.32. The van der Waals surface area contributed by atoms with Crippen LogP contribution in [-0.2, 0) is 32.3 Å². The predicted octanol–water partition coefficient (Wildman–Crippen LogP) is 5.64. The third-order valence-electron chi connectivity index (χ3n) is 6.17. The van der Waals surface area contributed by atoms with Crippen molar-refractivity contribution in [1.82, 2.24) is 10.2 Å². The number of benzene rings is 3. The van der Waals surface area contributed by atoms with Crippen LogP contribution in [0.3, 0.4) is 0 Å². The Morgan fingerprint density at radius 2 is 1.63 bits per heavy atom. The Bertz CT molecular complexity index is 1490. The second-order valence-electron chi connectivity index (χ2n) is 9.07. The molecule has 220 valence electrons. The highest BCUT2D eigenvalue weighted by molar-refractivity contribution is 7.92. The number of rotatable bonds is 11. The second-order valence-corrected chi connectivity index (χ2v) is 11.3. The maximum absolute atomic E-state index is 14.6. The molecule has 0 saturated carbocycles. The highest BCUT2D eigenvalue weighted by Gasteiger charge is 2.36. The fourth-order valence-corrected chi connectivity index (χ4v) is 5.62. The van der Waals surface area contributed by atoms with E-state index in [1.807, 2.05) is 6.92 Å². The highest BCUT2D eigenvalue weighted by atomic mass is 35.5. The molecule has 0 fully saturated rings. The monoisotopic (exact) mass is 613 g/mol. The van der Waals surface area contributed by atoms with Gasteiger partial charge < -0.3 is 10.2 Å². The van der Waals surface area contributed by atoms with Crippen LogP contribution in [0.5, 0.6) is 0 Å². The Hall–Kier alpha value is -3.64. The van der Waals surface area contributed by atoms with E-state index in [0.717, 1.165) is 17.0 Å². The van der Waals surface area contributed by atoms with Gasteiger partial charge in [-0.05, 0) is 49.7 Å². The largest absolute Gasteiger partial charge is 0.416 e. The molecule has 3 aromatic carbocycles. The van der Waals surface area contributed by atoms with Gasteiger partial charge in [-0.3, -0.25) is 13.9 Å². The summed E-state index contributed by atoms with van der Waals surface area (Å²) in [5, 5.41) is 2.28. The van der Waals surface area contributed by atoms with Crippen LogP contribution in [0.15, 0.2) is 77.7 Å². The molecular formula is C28H28ClF4N3O4S. The van der Waals surface area contributed by atoms with Gasteiger partial charge >= 0.3 is 6.18 Å². The molecule has 3 rings (SSSR count). The first kappa shape index (κ1) is 31.9. The third kappa shape index (κ3) is 7.76. The number of hydrogen-bond acceptors (Lipinski definition) is 4. The number of halogens is 5. The first-order chi connectivity index (χ1) is 19.3. The van der Waals surface area contributed by atoms with Crippen molar-refractivity contribution in [2.75, 3.05) is 17.4 Å². The van der Waals surface area contributed by atoms with E-state index >= 15 is 0 Å². The van der Waals surface area contributed by atoms with Gasteiger partial charge in [0.25, 0.3) is 10.0 Å². The van der Waals surface area contributed by atoms with Gasteiger partial charge in [0.2, 0.25) is 11.8 Å². The minimum atomic E-state index is -4.84. The van der Waals surface area contributed by atoms with Crippen LogP contribution in [0, 0.1) is 5.82 Å². The minimum Gasteiger partial charge on any atom is -0.354 e. The van der Waals surface area contributed by atoms with E-state index in [4.69, 9.17) is 11.6 Å². The molecule has 1 atom stereocenters. The molecule has 0 heterocycles. The number of nitrogens with one attached hydrogen (secondary N) is 1. The average Bonchev–Trinajstić information content (AvgIpc) is 2.94. The molecule has 2 amide bonds. The van der Waals surface area contributed by atoms with Crippen molar-refractivity contribution in [1.29, 1.82) is 0 Å². The van der Waals surface area contributed by atoms with Crippen molar-refractivity contribution in [3.05, 3.63) is 94.8 Å². The molecule has 13 heteroatoms. The molecular weight excluding hydrogens is 586 g/mol. The summed E-state index contributed by atoms with van der Waals surface area (Å²) in [6.45, 7) is 2.05. The molecule has 1 N–H and O–H groups in total. The zero-order valence-corrected chi connectivity index (χ0v) is 23.7. The second kappa shape index (κ2) is 13.3. The topological polar surface area (TPSA) is 86.8 Å². The fraction of sp³-hybridized carbons (Fsp3) is 0.286. The van der Waals surface area contributed by atoms with Crippen LogP contribution in [0.4, 0.5) is 23.2 Å². The van der Waals surface area contributed by atoms with Crippen molar-refractivity contribution < 1.29 is 35.6 Å². The standard InChI is InChI=1S/C28H28ClF4N3O4S/c1-3-15-34-27(38)19(2)35(17-20-9-7-8-12-24(20)30)26(37)18-36(41(39,40)22-10-5-4-6-11-22)25-16-21(28(31,32)33)13-14-23(25)29/h4-14,16,19H,3,15,17-18H2,1-2H3,(H,34,38)/t19-/m1/s1. The lowest BCUT2D eigenvalue weighted by Crippen LogP contribution is -2.51. The van der Waals surface area contributed by atoms with Gasteiger partial charge in [0.15, 0.2) is 0 Å². The van der Waals surface area contributed by atoms with Crippen molar-refractivity contribution in [2.24, 2.45) is 0 Å². The van der Waals surface area contributed by atoms with Crippen LogP contribution < -0.4 is 9.62 Å². The molecule has 0 bridgehead atoms. The van der Waals surface area contributed by atoms with Crippen molar-refractivity contribution in [3.63, 3.8) is 0 Å². The maximum Gasteiger partial charge on any atom is 0.416 e. The lowest BCUT2D eigenvalue weighted by atomic mass is 10.1.